The molecule has 0 aromatic heterocycles. The maximum Gasteiger partial charge on any atom is 0.343 e. The highest BCUT2D eigenvalue weighted by molar-refractivity contribution is 7.53. The molecule has 6 nitrogen and oxygen atoms in total. The van der Waals surface area contributed by atoms with E-state index in [0.717, 1.165) is 0 Å². The zero-order chi connectivity index (χ0) is 16.6. The molecule has 1 aromatic carbocycles. The fraction of sp³-hybridized carbons (Fsp3) is 0.357. The van der Waals surface area contributed by atoms with Gasteiger partial charge in [0.15, 0.2) is 0 Å². The molecule has 0 saturated heterocycles. The van der Waals surface area contributed by atoms with Crippen LogP contribution in [0.15, 0.2) is 24.3 Å². The smallest absolute Gasteiger partial charge is 0.343 e. The fourth-order valence-corrected chi connectivity index (χ4v) is 2.33. The Morgan fingerprint density at radius 2 is 2.05 bits per heavy atom. The zero-order valence-corrected chi connectivity index (χ0v) is 13.1. The quantitative estimate of drug-likeness (QED) is 0.588. The van der Waals surface area contributed by atoms with E-state index in [1.807, 2.05) is 0 Å². The van der Waals surface area contributed by atoms with Gasteiger partial charge >= 0.3 is 13.6 Å². The third-order valence-corrected chi connectivity index (χ3v) is 4.47. The first-order valence-corrected chi connectivity index (χ1v) is 8.05. The third kappa shape index (κ3) is 5.58. The summed E-state index contributed by atoms with van der Waals surface area (Å²) in [6.45, 7) is 0. The van der Waals surface area contributed by atoms with Crippen molar-refractivity contribution in [2.45, 2.75) is 12.5 Å². The van der Waals surface area contributed by atoms with Crippen LogP contribution < -0.4 is 5.32 Å². The number of rotatable bonds is 7. The number of hydrogen-bond donors (Lipinski definition) is 2. The minimum atomic E-state index is -3.36. The predicted molar refractivity (Wildman–Crippen MR) is 78.9 cm³/mol. The molecule has 8 heteroatoms. The number of halogens is 1. The maximum absolute atomic E-state index is 13.4. The zero-order valence-electron chi connectivity index (χ0n) is 12.2. The van der Waals surface area contributed by atoms with Gasteiger partial charge in [-0.3, -0.25) is 14.7 Å². The molecule has 120 valence electrons. The first-order valence-electron chi connectivity index (χ1n) is 6.32. The van der Waals surface area contributed by atoms with E-state index >= 15 is 0 Å². The Morgan fingerprint density at radius 3 is 2.59 bits per heavy atom. The normalized spacial score (nSPS) is 12.3. The molecule has 0 amide bonds. The van der Waals surface area contributed by atoms with Crippen molar-refractivity contribution in [3.8, 4) is 11.8 Å². The Labute approximate surface area is 128 Å². The average molecular weight is 329 g/mol. The molecule has 2 N–H and O–H groups in total. The summed E-state index contributed by atoms with van der Waals surface area (Å²) in [6.07, 6.45) is -0.352. The Morgan fingerprint density at radius 1 is 1.41 bits per heavy atom. The molecule has 0 fully saturated rings. The Hall–Kier alpha value is -1.71. The van der Waals surface area contributed by atoms with Gasteiger partial charge in [0.05, 0.1) is 11.8 Å². The van der Waals surface area contributed by atoms with Crippen LogP contribution in [0.5, 0.6) is 0 Å². The van der Waals surface area contributed by atoms with Crippen LogP contribution in [0, 0.1) is 17.7 Å². The monoisotopic (exact) mass is 329 g/mol. The van der Waals surface area contributed by atoms with Crippen LogP contribution in [0.4, 0.5) is 4.39 Å². The van der Waals surface area contributed by atoms with Crippen molar-refractivity contribution in [1.82, 2.24) is 5.32 Å². The number of benzene rings is 1. The third-order valence-electron chi connectivity index (χ3n) is 2.79. The van der Waals surface area contributed by atoms with Crippen molar-refractivity contribution in [3.05, 3.63) is 35.6 Å². The van der Waals surface area contributed by atoms with Gasteiger partial charge < -0.3 is 14.2 Å². The highest BCUT2D eigenvalue weighted by Gasteiger charge is 2.25. The van der Waals surface area contributed by atoms with Gasteiger partial charge in [0, 0.05) is 20.6 Å². The molecule has 22 heavy (non-hydrogen) atoms. The summed E-state index contributed by atoms with van der Waals surface area (Å²) < 4.78 is 34.6. The van der Waals surface area contributed by atoms with Gasteiger partial charge in [-0.25, -0.2) is 4.39 Å². The van der Waals surface area contributed by atoms with Crippen molar-refractivity contribution in [3.63, 3.8) is 0 Å². The standard InChI is InChI=1S/C14H17FNO5P/c1-20-22(19,21-2)10-16-13(14(17)18)9-5-7-11-6-3-4-8-12(11)15/h3-4,6,8,13,16H,9-10H2,1-2H3,(H,17,18)/t13-/m0/s1. The Balaban J connectivity index is 2.69. The molecule has 0 saturated carbocycles. The van der Waals surface area contributed by atoms with E-state index in [1.165, 1.54) is 32.4 Å². The van der Waals surface area contributed by atoms with Crippen LogP contribution >= 0.6 is 7.60 Å². The maximum atomic E-state index is 13.4. The summed E-state index contributed by atoms with van der Waals surface area (Å²) in [4.78, 5) is 11.1. The van der Waals surface area contributed by atoms with Gasteiger partial charge in [0.25, 0.3) is 0 Å². The van der Waals surface area contributed by atoms with Crippen molar-refractivity contribution < 1.29 is 27.9 Å². The van der Waals surface area contributed by atoms with E-state index in [1.54, 1.807) is 6.07 Å². The van der Waals surface area contributed by atoms with Gasteiger partial charge in [-0.15, -0.1) is 0 Å². The van der Waals surface area contributed by atoms with Crippen LogP contribution in [-0.2, 0) is 18.4 Å². The second kappa shape index (κ2) is 8.66. The molecule has 0 heterocycles. The van der Waals surface area contributed by atoms with Gasteiger partial charge in [-0.1, -0.05) is 24.0 Å². The molecule has 1 rings (SSSR count). The summed E-state index contributed by atoms with van der Waals surface area (Å²) in [5, 5.41) is 11.6. The molecule has 0 aliphatic carbocycles. The van der Waals surface area contributed by atoms with Crippen molar-refractivity contribution in [2.24, 2.45) is 0 Å². The van der Waals surface area contributed by atoms with E-state index in [-0.39, 0.29) is 18.3 Å². The second-order valence-corrected chi connectivity index (χ2v) is 6.48. The van der Waals surface area contributed by atoms with Crippen LogP contribution in [0.3, 0.4) is 0 Å². The van der Waals surface area contributed by atoms with E-state index in [9.17, 15) is 13.8 Å². The summed E-state index contributed by atoms with van der Waals surface area (Å²) in [5.41, 5.74) is 0.186. The number of aliphatic carboxylic acids is 1. The number of nitrogens with one attached hydrogen (secondary N) is 1. The largest absolute Gasteiger partial charge is 0.480 e. The first kappa shape index (κ1) is 18.3. The minimum Gasteiger partial charge on any atom is -0.480 e. The molecular formula is C14H17FNO5P. The molecule has 0 spiro atoms. The van der Waals surface area contributed by atoms with E-state index < -0.39 is 25.4 Å². The number of hydrogen-bond acceptors (Lipinski definition) is 5. The lowest BCUT2D eigenvalue weighted by Gasteiger charge is -2.17. The number of carboxylic acids is 1. The highest BCUT2D eigenvalue weighted by atomic mass is 31.2. The molecule has 0 aliphatic rings. The van der Waals surface area contributed by atoms with Crippen molar-refractivity contribution >= 4 is 13.6 Å². The molecular weight excluding hydrogens is 312 g/mol. The lowest BCUT2D eigenvalue weighted by molar-refractivity contribution is -0.139. The molecule has 1 aromatic rings. The molecule has 0 bridgehead atoms. The van der Waals surface area contributed by atoms with Crippen LogP contribution in [0.1, 0.15) is 12.0 Å². The van der Waals surface area contributed by atoms with Gasteiger partial charge in [-0.2, -0.15) is 0 Å². The van der Waals surface area contributed by atoms with Crippen LogP contribution in [0.2, 0.25) is 0 Å². The first-order chi connectivity index (χ1) is 10.4. The van der Waals surface area contributed by atoms with Crippen molar-refractivity contribution in [2.75, 3.05) is 20.5 Å². The lowest BCUT2D eigenvalue weighted by atomic mass is 10.2. The summed E-state index contributed by atoms with van der Waals surface area (Å²) in [6, 6.07) is 4.86. The summed E-state index contributed by atoms with van der Waals surface area (Å²) in [5.74, 6) is 3.52. The topological polar surface area (TPSA) is 84.9 Å². The molecule has 1 atom stereocenters. The fourth-order valence-electron chi connectivity index (χ4n) is 1.48. The average Bonchev–Trinajstić information content (AvgIpc) is 2.51. The number of carbonyl (C=O) groups is 1. The minimum absolute atomic E-state index is 0.0862. The van der Waals surface area contributed by atoms with Crippen LogP contribution in [0.25, 0.3) is 0 Å². The SMILES string of the molecule is COP(=O)(CN[C@@H](CC#Cc1ccccc1F)C(=O)O)OC. The van der Waals surface area contributed by atoms with E-state index in [4.69, 9.17) is 14.2 Å². The Kier molecular flexibility index (Phi) is 7.22. The second-order valence-electron chi connectivity index (χ2n) is 4.21. The summed E-state index contributed by atoms with van der Waals surface area (Å²) in [7, 11) is -0.939. The lowest BCUT2D eigenvalue weighted by Crippen LogP contribution is -2.37. The Bertz CT molecular complexity index is 617. The van der Waals surface area contributed by atoms with Crippen molar-refractivity contribution in [1.29, 1.82) is 0 Å². The van der Waals surface area contributed by atoms with Gasteiger partial charge in [0.2, 0.25) is 0 Å². The van der Waals surface area contributed by atoms with E-state index in [2.05, 4.69) is 17.2 Å². The summed E-state index contributed by atoms with van der Waals surface area (Å²) >= 11 is 0. The van der Waals surface area contributed by atoms with Gasteiger partial charge in [-0.05, 0) is 12.1 Å². The predicted octanol–water partition coefficient (Wildman–Crippen LogP) is 2.05. The van der Waals surface area contributed by atoms with Gasteiger partial charge in [0.1, 0.15) is 11.9 Å². The molecule has 0 unspecified atom stereocenters. The van der Waals surface area contributed by atoms with E-state index in [0.29, 0.717) is 0 Å². The molecule has 0 radical (unpaired) electrons. The number of carboxylic acid groups (broad SMARTS) is 1. The molecule has 0 aliphatic heterocycles. The van der Waals surface area contributed by atoms with Crippen LogP contribution in [-0.4, -0.2) is 37.6 Å². The highest BCUT2D eigenvalue weighted by Crippen LogP contribution is 2.44.